The van der Waals surface area contributed by atoms with Gasteiger partial charge in [-0.3, -0.25) is 0 Å². The molecule has 0 aromatic heterocycles. The first kappa shape index (κ1) is 13.8. The van der Waals surface area contributed by atoms with Crippen LogP contribution in [-0.4, -0.2) is 6.04 Å². The number of nitriles is 1. The van der Waals surface area contributed by atoms with Gasteiger partial charge in [-0.2, -0.15) is 5.26 Å². The molecule has 20 heavy (non-hydrogen) atoms. The molecule has 2 nitrogen and oxygen atoms in total. The summed E-state index contributed by atoms with van der Waals surface area (Å²) >= 11 is 6.31. The van der Waals surface area contributed by atoms with Crippen molar-refractivity contribution >= 4 is 17.3 Å². The molecule has 0 radical (unpaired) electrons. The van der Waals surface area contributed by atoms with Gasteiger partial charge in [0.15, 0.2) is 0 Å². The Balaban J connectivity index is 1.90. The standard InChI is InChI=1S/C17H21ClN2/c1-16(2)12-6-7-17(3,9-12)15(16)20-14-5-4-11(10-19)8-13(14)18/h4-5,8,12,15,20H,6-7,9H2,1-3H3/t12-,15?,17+/m0/s1. The smallest absolute Gasteiger partial charge is 0.0992 e. The van der Waals surface area contributed by atoms with Crippen LogP contribution in [-0.2, 0) is 0 Å². The predicted molar refractivity (Wildman–Crippen MR) is 82.8 cm³/mol. The van der Waals surface area contributed by atoms with E-state index in [0.717, 1.165) is 11.6 Å². The first-order chi connectivity index (χ1) is 9.37. The topological polar surface area (TPSA) is 35.8 Å². The SMILES string of the molecule is CC1(C)C(Nc2ccc(C#N)cc2Cl)[C@]2(C)CC[C@H]1C2. The number of nitrogens with zero attached hydrogens (tertiary/aromatic N) is 1. The van der Waals surface area contributed by atoms with Gasteiger partial charge in [0.05, 0.1) is 22.3 Å². The third-order valence-electron chi connectivity index (χ3n) is 5.67. The van der Waals surface area contributed by atoms with Crippen molar-refractivity contribution in [1.29, 1.82) is 5.26 Å². The lowest BCUT2D eigenvalue weighted by Crippen LogP contribution is -2.45. The summed E-state index contributed by atoms with van der Waals surface area (Å²) in [5.41, 5.74) is 2.23. The van der Waals surface area contributed by atoms with Crippen molar-refractivity contribution in [1.82, 2.24) is 0 Å². The van der Waals surface area contributed by atoms with Gasteiger partial charge in [0.25, 0.3) is 0 Å². The van der Waals surface area contributed by atoms with Gasteiger partial charge >= 0.3 is 0 Å². The molecule has 3 atom stereocenters. The highest BCUT2D eigenvalue weighted by molar-refractivity contribution is 6.33. The minimum atomic E-state index is 0.296. The number of benzene rings is 1. The van der Waals surface area contributed by atoms with E-state index < -0.39 is 0 Å². The van der Waals surface area contributed by atoms with Crippen LogP contribution < -0.4 is 5.32 Å². The van der Waals surface area contributed by atoms with E-state index in [-0.39, 0.29) is 0 Å². The van der Waals surface area contributed by atoms with Gasteiger partial charge in [0, 0.05) is 6.04 Å². The summed E-state index contributed by atoms with van der Waals surface area (Å²) in [6.45, 7) is 7.14. The Labute approximate surface area is 126 Å². The minimum Gasteiger partial charge on any atom is -0.380 e. The molecule has 3 heteroatoms. The van der Waals surface area contributed by atoms with Crippen molar-refractivity contribution < 1.29 is 0 Å². The average Bonchev–Trinajstić information content (AvgIpc) is 2.87. The van der Waals surface area contributed by atoms with Crippen molar-refractivity contribution in [2.75, 3.05) is 5.32 Å². The van der Waals surface area contributed by atoms with Crippen LogP contribution in [0.1, 0.15) is 45.6 Å². The fourth-order valence-corrected chi connectivity index (χ4v) is 4.75. The highest BCUT2D eigenvalue weighted by Crippen LogP contribution is 2.63. The molecular formula is C17H21ClN2. The number of nitrogens with one attached hydrogen (secondary N) is 1. The largest absolute Gasteiger partial charge is 0.380 e. The zero-order chi connectivity index (χ0) is 14.5. The Morgan fingerprint density at radius 3 is 2.65 bits per heavy atom. The Kier molecular flexibility index (Phi) is 3.03. The van der Waals surface area contributed by atoms with Gasteiger partial charge < -0.3 is 5.32 Å². The summed E-state index contributed by atoms with van der Waals surface area (Å²) in [5.74, 6) is 0.808. The summed E-state index contributed by atoms with van der Waals surface area (Å²) in [6.07, 6.45) is 3.96. The number of halogens is 1. The first-order valence-corrected chi connectivity index (χ1v) is 7.71. The van der Waals surface area contributed by atoms with Gasteiger partial charge in [-0.25, -0.2) is 0 Å². The molecule has 1 unspecified atom stereocenters. The van der Waals surface area contributed by atoms with Crippen molar-refractivity contribution in [3.8, 4) is 6.07 Å². The van der Waals surface area contributed by atoms with Gasteiger partial charge in [0.1, 0.15) is 0 Å². The molecule has 2 bridgehead atoms. The molecule has 0 heterocycles. The van der Waals surface area contributed by atoms with E-state index in [2.05, 4.69) is 32.2 Å². The Bertz CT molecular complexity index is 582. The third kappa shape index (κ3) is 1.91. The summed E-state index contributed by atoms with van der Waals surface area (Å²) in [5, 5.41) is 13.2. The van der Waals surface area contributed by atoms with E-state index in [9.17, 15) is 0 Å². The molecule has 1 aromatic carbocycles. The van der Waals surface area contributed by atoms with Crippen molar-refractivity contribution in [2.24, 2.45) is 16.7 Å². The van der Waals surface area contributed by atoms with Crippen LogP contribution in [0.3, 0.4) is 0 Å². The highest BCUT2D eigenvalue weighted by atomic mass is 35.5. The van der Waals surface area contributed by atoms with Crippen LogP contribution in [0.5, 0.6) is 0 Å². The second-order valence-electron chi connectivity index (χ2n) is 7.30. The predicted octanol–water partition coefficient (Wildman–Crippen LogP) is 4.84. The number of rotatable bonds is 2. The Morgan fingerprint density at radius 2 is 2.10 bits per heavy atom. The lowest BCUT2D eigenvalue weighted by molar-refractivity contribution is 0.155. The van der Waals surface area contributed by atoms with Crippen LogP contribution in [0, 0.1) is 28.1 Å². The van der Waals surface area contributed by atoms with Crippen LogP contribution in [0.4, 0.5) is 5.69 Å². The van der Waals surface area contributed by atoms with Gasteiger partial charge in [-0.1, -0.05) is 32.4 Å². The van der Waals surface area contributed by atoms with Crippen molar-refractivity contribution in [3.63, 3.8) is 0 Å². The lowest BCUT2D eigenvalue weighted by Gasteiger charge is -2.43. The van der Waals surface area contributed by atoms with Crippen molar-refractivity contribution in [3.05, 3.63) is 28.8 Å². The van der Waals surface area contributed by atoms with Gasteiger partial charge in [0.2, 0.25) is 0 Å². The quantitative estimate of drug-likeness (QED) is 0.845. The molecule has 0 amide bonds. The average molecular weight is 289 g/mol. The van der Waals surface area contributed by atoms with Crippen LogP contribution in [0.2, 0.25) is 5.02 Å². The maximum absolute atomic E-state index is 8.92. The van der Waals surface area contributed by atoms with Crippen LogP contribution in [0.15, 0.2) is 18.2 Å². The number of fused-ring (bicyclic) bond motifs is 2. The molecule has 2 fully saturated rings. The van der Waals surface area contributed by atoms with Gasteiger partial charge in [-0.05, 0) is 54.2 Å². The van der Waals surface area contributed by atoms with Crippen LogP contribution >= 0.6 is 11.6 Å². The fourth-order valence-electron chi connectivity index (χ4n) is 4.52. The molecule has 2 saturated carbocycles. The van der Waals surface area contributed by atoms with Gasteiger partial charge in [-0.15, -0.1) is 0 Å². The molecular weight excluding hydrogens is 268 g/mol. The molecule has 1 aromatic rings. The number of anilines is 1. The third-order valence-corrected chi connectivity index (χ3v) is 5.98. The summed E-state index contributed by atoms with van der Waals surface area (Å²) < 4.78 is 0. The second-order valence-corrected chi connectivity index (χ2v) is 7.71. The minimum absolute atomic E-state index is 0.296. The molecule has 2 aliphatic rings. The van der Waals surface area contributed by atoms with E-state index in [1.165, 1.54) is 19.3 Å². The highest BCUT2D eigenvalue weighted by Gasteiger charge is 2.59. The van der Waals surface area contributed by atoms with E-state index in [1.807, 2.05) is 12.1 Å². The maximum atomic E-state index is 8.92. The molecule has 0 saturated heterocycles. The van der Waals surface area contributed by atoms with Crippen LogP contribution in [0.25, 0.3) is 0 Å². The summed E-state index contributed by atoms with van der Waals surface area (Å²) in [6, 6.07) is 8.08. The zero-order valence-corrected chi connectivity index (χ0v) is 13.1. The zero-order valence-electron chi connectivity index (χ0n) is 12.3. The van der Waals surface area contributed by atoms with E-state index in [4.69, 9.17) is 16.9 Å². The molecule has 0 spiro atoms. The second kappa shape index (κ2) is 4.40. The van der Waals surface area contributed by atoms with E-state index in [0.29, 0.717) is 27.5 Å². The Hall–Kier alpha value is -1.20. The van der Waals surface area contributed by atoms with E-state index >= 15 is 0 Å². The number of hydrogen-bond donors (Lipinski definition) is 1. The molecule has 2 aliphatic carbocycles. The molecule has 1 N–H and O–H groups in total. The normalized spacial score (nSPS) is 34.0. The summed E-state index contributed by atoms with van der Waals surface area (Å²) in [7, 11) is 0. The Morgan fingerprint density at radius 1 is 1.35 bits per heavy atom. The maximum Gasteiger partial charge on any atom is 0.0992 e. The number of hydrogen-bond acceptors (Lipinski definition) is 2. The fraction of sp³-hybridized carbons (Fsp3) is 0.588. The van der Waals surface area contributed by atoms with Crippen molar-refractivity contribution in [2.45, 2.75) is 46.1 Å². The molecule has 3 rings (SSSR count). The first-order valence-electron chi connectivity index (χ1n) is 7.33. The molecule has 106 valence electrons. The van der Waals surface area contributed by atoms with E-state index in [1.54, 1.807) is 6.07 Å². The monoisotopic (exact) mass is 288 g/mol. The summed E-state index contributed by atoms with van der Waals surface area (Å²) in [4.78, 5) is 0. The lowest BCUT2D eigenvalue weighted by atomic mass is 9.68. The molecule has 0 aliphatic heterocycles.